The first-order valence-electron chi connectivity index (χ1n) is 4.89. The lowest BCUT2D eigenvalue weighted by Crippen LogP contribution is -2.05. The number of rotatable bonds is 1. The zero-order chi connectivity index (χ0) is 11.1. The van der Waals surface area contributed by atoms with Gasteiger partial charge in [-0.05, 0) is 11.6 Å². The summed E-state index contributed by atoms with van der Waals surface area (Å²) in [6.45, 7) is 0.389. The van der Waals surface area contributed by atoms with E-state index in [4.69, 9.17) is 11.5 Å². The SMILES string of the molecule is NCc1ccc2c(nnc3ccnn32)c1N. The third kappa shape index (κ3) is 1.07. The van der Waals surface area contributed by atoms with Crippen molar-refractivity contribution in [3.63, 3.8) is 0 Å². The molecule has 0 unspecified atom stereocenters. The van der Waals surface area contributed by atoms with Crippen molar-refractivity contribution in [1.82, 2.24) is 19.8 Å². The molecule has 3 aromatic rings. The van der Waals surface area contributed by atoms with Gasteiger partial charge in [-0.25, -0.2) is 4.52 Å². The van der Waals surface area contributed by atoms with Gasteiger partial charge in [-0.15, -0.1) is 10.2 Å². The molecule has 6 nitrogen and oxygen atoms in total. The van der Waals surface area contributed by atoms with E-state index in [1.165, 1.54) is 0 Å². The van der Waals surface area contributed by atoms with Gasteiger partial charge in [0.25, 0.3) is 0 Å². The molecule has 6 heteroatoms. The summed E-state index contributed by atoms with van der Waals surface area (Å²) in [5.41, 5.74) is 15.2. The minimum absolute atomic E-state index is 0.389. The molecule has 0 aliphatic heterocycles. The molecular formula is C10H10N6. The molecule has 2 heterocycles. The smallest absolute Gasteiger partial charge is 0.177 e. The molecular weight excluding hydrogens is 204 g/mol. The Kier molecular flexibility index (Phi) is 1.78. The summed E-state index contributed by atoms with van der Waals surface area (Å²) >= 11 is 0. The van der Waals surface area contributed by atoms with Crippen LogP contribution in [0, 0.1) is 0 Å². The minimum atomic E-state index is 0.389. The van der Waals surface area contributed by atoms with Crippen molar-refractivity contribution in [2.75, 3.05) is 5.73 Å². The van der Waals surface area contributed by atoms with Gasteiger partial charge in [0.2, 0.25) is 0 Å². The van der Waals surface area contributed by atoms with E-state index in [0.29, 0.717) is 23.4 Å². The number of nitrogens with two attached hydrogens (primary N) is 2. The molecule has 0 spiro atoms. The monoisotopic (exact) mass is 214 g/mol. The molecule has 0 aliphatic carbocycles. The van der Waals surface area contributed by atoms with E-state index in [1.807, 2.05) is 12.1 Å². The standard InChI is InChI=1S/C10H10N6/c11-5-6-1-2-7-10(9(6)12)15-14-8-3-4-13-16(7)8/h1-4H,5,11-12H2. The van der Waals surface area contributed by atoms with Crippen LogP contribution in [0.2, 0.25) is 0 Å². The summed E-state index contributed by atoms with van der Waals surface area (Å²) in [6, 6.07) is 5.59. The van der Waals surface area contributed by atoms with Gasteiger partial charge in [-0.3, -0.25) is 0 Å². The molecule has 0 fully saturated rings. The second kappa shape index (κ2) is 3.14. The van der Waals surface area contributed by atoms with E-state index in [1.54, 1.807) is 16.8 Å². The lowest BCUT2D eigenvalue weighted by atomic mass is 10.1. The summed E-state index contributed by atoms with van der Waals surface area (Å²) < 4.78 is 1.71. The number of hydrogen-bond donors (Lipinski definition) is 2. The Morgan fingerprint density at radius 3 is 2.88 bits per heavy atom. The van der Waals surface area contributed by atoms with Crippen LogP contribution in [0.4, 0.5) is 5.69 Å². The van der Waals surface area contributed by atoms with Crippen LogP contribution in [-0.4, -0.2) is 19.8 Å². The summed E-state index contributed by atoms with van der Waals surface area (Å²) in [6.07, 6.45) is 1.68. The number of fused-ring (bicyclic) bond motifs is 3. The first kappa shape index (κ1) is 9.05. The highest BCUT2D eigenvalue weighted by molar-refractivity contribution is 5.89. The number of aromatic nitrogens is 4. The van der Waals surface area contributed by atoms with E-state index in [0.717, 1.165) is 11.1 Å². The van der Waals surface area contributed by atoms with Gasteiger partial charge < -0.3 is 11.5 Å². The lowest BCUT2D eigenvalue weighted by Gasteiger charge is -2.06. The predicted molar refractivity (Wildman–Crippen MR) is 60.6 cm³/mol. The molecule has 0 radical (unpaired) electrons. The number of benzene rings is 1. The summed E-state index contributed by atoms with van der Waals surface area (Å²) in [5, 5.41) is 12.3. The minimum Gasteiger partial charge on any atom is -0.397 e. The molecule has 0 saturated heterocycles. The molecule has 0 bridgehead atoms. The summed E-state index contributed by atoms with van der Waals surface area (Å²) in [7, 11) is 0. The van der Waals surface area contributed by atoms with Crippen LogP contribution in [-0.2, 0) is 6.54 Å². The first-order valence-corrected chi connectivity index (χ1v) is 4.89. The topological polar surface area (TPSA) is 95.1 Å². The van der Waals surface area contributed by atoms with Gasteiger partial charge in [0, 0.05) is 12.6 Å². The van der Waals surface area contributed by atoms with Crippen LogP contribution < -0.4 is 11.5 Å². The number of anilines is 1. The zero-order valence-corrected chi connectivity index (χ0v) is 8.46. The van der Waals surface area contributed by atoms with Crippen LogP contribution in [0.3, 0.4) is 0 Å². The summed E-state index contributed by atoms with van der Waals surface area (Å²) in [4.78, 5) is 0. The molecule has 0 saturated carbocycles. The van der Waals surface area contributed by atoms with Crippen molar-refractivity contribution >= 4 is 22.4 Å². The van der Waals surface area contributed by atoms with Crippen LogP contribution in [0.5, 0.6) is 0 Å². The number of nitrogen functional groups attached to an aromatic ring is 1. The largest absolute Gasteiger partial charge is 0.397 e. The van der Waals surface area contributed by atoms with Gasteiger partial charge in [0.1, 0.15) is 5.52 Å². The zero-order valence-electron chi connectivity index (χ0n) is 8.46. The maximum atomic E-state index is 5.97. The molecule has 0 atom stereocenters. The fraction of sp³-hybridized carbons (Fsp3) is 0.100. The molecule has 1 aromatic carbocycles. The number of nitrogens with zero attached hydrogens (tertiary/aromatic N) is 4. The Labute approximate surface area is 90.9 Å². The normalized spacial score (nSPS) is 11.3. The van der Waals surface area contributed by atoms with Crippen LogP contribution in [0.25, 0.3) is 16.7 Å². The molecule has 2 aromatic heterocycles. The molecule has 0 amide bonds. The highest BCUT2D eigenvalue weighted by Crippen LogP contribution is 2.22. The fourth-order valence-electron chi connectivity index (χ4n) is 1.75. The average Bonchev–Trinajstić information content (AvgIpc) is 2.77. The third-order valence-electron chi connectivity index (χ3n) is 2.61. The molecule has 16 heavy (non-hydrogen) atoms. The van der Waals surface area contributed by atoms with E-state index < -0.39 is 0 Å². The van der Waals surface area contributed by atoms with Crippen LogP contribution in [0.1, 0.15) is 5.56 Å². The van der Waals surface area contributed by atoms with Crippen molar-refractivity contribution in [3.8, 4) is 0 Å². The van der Waals surface area contributed by atoms with E-state index in [-0.39, 0.29) is 0 Å². The van der Waals surface area contributed by atoms with Gasteiger partial charge in [-0.1, -0.05) is 6.07 Å². The quantitative estimate of drug-likeness (QED) is 0.569. The van der Waals surface area contributed by atoms with Gasteiger partial charge in [0.15, 0.2) is 5.65 Å². The Morgan fingerprint density at radius 2 is 2.06 bits per heavy atom. The van der Waals surface area contributed by atoms with Crippen molar-refractivity contribution in [2.45, 2.75) is 6.54 Å². The summed E-state index contributed by atoms with van der Waals surface area (Å²) in [5.74, 6) is 0. The van der Waals surface area contributed by atoms with Crippen LogP contribution in [0.15, 0.2) is 24.4 Å². The third-order valence-corrected chi connectivity index (χ3v) is 2.61. The van der Waals surface area contributed by atoms with Crippen molar-refractivity contribution in [2.24, 2.45) is 5.73 Å². The molecule has 0 aliphatic rings. The maximum Gasteiger partial charge on any atom is 0.177 e. The highest BCUT2D eigenvalue weighted by atomic mass is 15.3. The van der Waals surface area contributed by atoms with E-state index >= 15 is 0 Å². The van der Waals surface area contributed by atoms with Gasteiger partial charge in [0.05, 0.1) is 17.4 Å². The Hall–Kier alpha value is -2.21. The van der Waals surface area contributed by atoms with E-state index in [2.05, 4.69) is 15.3 Å². The second-order valence-electron chi connectivity index (χ2n) is 3.51. The Morgan fingerprint density at radius 1 is 1.19 bits per heavy atom. The van der Waals surface area contributed by atoms with Crippen LogP contribution >= 0.6 is 0 Å². The number of hydrogen-bond acceptors (Lipinski definition) is 5. The molecule has 80 valence electrons. The van der Waals surface area contributed by atoms with Gasteiger partial charge >= 0.3 is 0 Å². The Bertz CT molecular complexity index is 671. The first-order chi connectivity index (χ1) is 7.81. The van der Waals surface area contributed by atoms with E-state index in [9.17, 15) is 0 Å². The predicted octanol–water partition coefficient (Wildman–Crippen LogP) is 0.318. The molecule has 3 rings (SSSR count). The highest BCUT2D eigenvalue weighted by Gasteiger charge is 2.08. The van der Waals surface area contributed by atoms with Gasteiger partial charge in [-0.2, -0.15) is 5.10 Å². The fourth-order valence-corrected chi connectivity index (χ4v) is 1.75. The maximum absolute atomic E-state index is 5.97. The Balaban J connectivity index is 2.49. The van der Waals surface area contributed by atoms with Crippen molar-refractivity contribution < 1.29 is 0 Å². The lowest BCUT2D eigenvalue weighted by molar-refractivity contribution is 0.941. The second-order valence-corrected chi connectivity index (χ2v) is 3.51. The molecule has 4 N–H and O–H groups in total. The van der Waals surface area contributed by atoms with Crippen molar-refractivity contribution in [1.29, 1.82) is 0 Å². The van der Waals surface area contributed by atoms with Crippen molar-refractivity contribution in [3.05, 3.63) is 30.0 Å². The average molecular weight is 214 g/mol.